The molecule has 1 aliphatic rings. The minimum absolute atomic E-state index is 0. The van der Waals surface area contributed by atoms with Gasteiger partial charge in [-0.2, -0.15) is 4.31 Å². The Labute approximate surface area is 190 Å². The van der Waals surface area contributed by atoms with Gasteiger partial charge < -0.3 is 30.0 Å². The Morgan fingerprint density at radius 2 is 1.87 bits per heavy atom. The Morgan fingerprint density at radius 3 is 2.53 bits per heavy atom. The number of fused-ring (bicyclic) bond motifs is 1. The van der Waals surface area contributed by atoms with Gasteiger partial charge in [-0.15, -0.1) is 0 Å². The molecule has 16 nitrogen and oxygen atoms in total. The fraction of sp³-hybridized carbons (Fsp3) is 0.500. The van der Waals surface area contributed by atoms with Crippen molar-refractivity contribution >= 4 is 40.4 Å². The Kier molecular flexibility index (Phi) is 8.39. The van der Waals surface area contributed by atoms with E-state index in [1.165, 1.54) is 12.7 Å². The van der Waals surface area contributed by atoms with E-state index in [4.69, 9.17) is 20.3 Å². The quantitative estimate of drug-likeness (QED) is 0.207. The maximum Gasteiger partial charge on any atom is 1.00 e. The summed E-state index contributed by atoms with van der Waals surface area (Å²) < 4.78 is 52.4. The minimum atomic E-state index is -5.70. The monoisotopic (exact) mass is 497 g/mol. The molecule has 3 rings (SSSR count). The molecule has 0 saturated carbocycles. The number of nitrogen functional groups attached to an aromatic ring is 1. The van der Waals surface area contributed by atoms with Crippen molar-refractivity contribution in [1.29, 1.82) is 0 Å². The largest absolute Gasteiger partial charge is 1.00 e. The van der Waals surface area contributed by atoms with E-state index in [0.29, 0.717) is 24.0 Å². The van der Waals surface area contributed by atoms with Crippen molar-refractivity contribution < 1.29 is 80.7 Å². The average Bonchev–Trinajstić information content (AvgIpc) is 3.16. The number of aromatic nitrogens is 4. The third kappa shape index (κ3) is 6.86. The molecule has 0 aromatic carbocycles. The molecule has 5 N–H and O–H groups in total. The number of ether oxygens (including phenoxy) is 1. The first kappa shape index (κ1) is 26.0. The number of imidazole rings is 1. The molecule has 3 unspecified atom stereocenters. The Morgan fingerprint density at radius 1 is 1.17 bits per heavy atom. The van der Waals surface area contributed by atoms with Crippen molar-refractivity contribution in [2.75, 3.05) is 12.3 Å². The van der Waals surface area contributed by atoms with Crippen molar-refractivity contribution in [3.8, 4) is 0 Å². The molecule has 3 heterocycles. The summed E-state index contributed by atoms with van der Waals surface area (Å²) in [6, 6.07) is 0. The predicted molar refractivity (Wildman–Crippen MR) is 90.5 cm³/mol. The molecule has 1 saturated heterocycles. The summed E-state index contributed by atoms with van der Waals surface area (Å²) in [4.78, 5) is 49.3. The van der Waals surface area contributed by atoms with Crippen LogP contribution < -0.4 is 40.2 Å². The molecule has 1 aliphatic heterocycles. The van der Waals surface area contributed by atoms with Crippen LogP contribution in [-0.2, 0) is 31.6 Å². The summed E-state index contributed by atoms with van der Waals surface area (Å²) in [6.07, 6.45) is 2.25. The standard InChI is InChI=1S/C10H16N5O11P3.Na/c11-9-8-10(13-4-12-9)15(5-14-8)7-2-1-6(24-7)3-23-28(19,20)26-29(21,22)25-27(16,17)18;/h4-7H,1-3H2,(H,19,20)(H,21,22)(H2,11,12,13)(H2,16,17,18);/q;+1/p-1/t6-,7+;/m1./s1. The Hall–Kier alpha value is -0.280. The van der Waals surface area contributed by atoms with Gasteiger partial charge in [0.05, 0.1) is 19.0 Å². The Bertz CT molecular complexity index is 1050. The topological polar surface area (TPSA) is 241 Å². The summed E-state index contributed by atoms with van der Waals surface area (Å²) in [5.74, 6) is 0.186. The molecule has 20 heteroatoms. The third-order valence-corrected chi connectivity index (χ3v) is 7.40. The number of nitrogens with zero attached hydrogens (tertiary/aromatic N) is 4. The van der Waals surface area contributed by atoms with E-state index in [2.05, 4.69) is 28.1 Å². The molecule has 0 radical (unpaired) electrons. The van der Waals surface area contributed by atoms with Gasteiger partial charge in [-0.1, -0.05) is 0 Å². The summed E-state index contributed by atoms with van der Waals surface area (Å²) >= 11 is 0. The van der Waals surface area contributed by atoms with Crippen LogP contribution in [0.25, 0.3) is 11.2 Å². The number of hydrogen-bond donors (Lipinski definition) is 4. The van der Waals surface area contributed by atoms with Crippen LogP contribution in [0.3, 0.4) is 0 Å². The van der Waals surface area contributed by atoms with Crippen molar-refractivity contribution in [3.63, 3.8) is 0 Å². The third-order valence-electron chi connectivity index (χ3n) is 3.62. The zero-order valence-electron chi connectivity index (χ0n) is 15.2. The zero-order chi connectivity index (χ0) is 21.4. The number of anilines is 1. The average molecular weight is 497 g/mol. The van der Waals surface area contributed by atoms with E-state index in [9.17, 15) is 23.5 Å². The van der Waals surface area contributed by atoms with Crippen LogP contribution in [-0.4, -0.2) is 46.9 Å². The van der Waals surface area contributed by atoms with Crippen LogP contribution in [0.1, 0.15) is 19.1 Å². The van der Waals surface area contributed by atoms with Crippen molar-refractivity contribution in [2.24, 2.45) is 0 Å². The van der Waals surface area contributed by atoms with Gasteiger partial charge in [0.15, 0.2) is 11.5 Å². The van der Waals surface area contributed by atoms with Crippen molar-refractivity contribution in [1.82, 2.24) is 19.5 Å². The van der Waals surface area contributed by atoms with Crippen LogP contribution in [0.4, 0.5) is 5.82 Å². The molecular formula is C10H15N5NaO11P3. The first-order valence-corrected chi connectivity index (χ1v) is 12.2. The molecule has 5 atom stereocenters. The molecule has 0 aliphatic carbocycles. The fourth-order valence-corrected chi connectivity index (χ4v) is 5.59. The summed E-state index contributed by atoms with van der Waals surface area (Å²) in [7, 11) is -16.5. The van der Waals surface area contributed by atoms with E-state index in [0.717, 1.165) is 0 Å². The van der Waals surface area contributed by atoms with Gasteiger partial charge in [0, 0.05) is 0 Å². The molecule has 2 aromatic heterocycles. The normalized spacial score (nSPS) is 25.2. The van der Waals surface area contributed by atoms with E-state index in [1.807, 2.05) is 0 Å². The maximum absolute atomic E-state index is 11.7. The number of phosphoric acid groups is 3. The Balaban J connectivity index is 0.00000320. The maximum atomic E-state index is 11.7. The predicted octanol–water partition coefficient (Wildman–Crippen LogP) is -3.20. The SMILES string of the molecule is Nc1ncnc2c1ncn2[C@@H]1CC[C@H](COP(=O)(O)OP(=O)(O)OP(=O)([O-])O)O1.[Na+]. The van der Waals surface area contributed by atoms with Crippen LogP contribution >= 0.6 is 23.5 Å². The van der Waals surface area contributed by atoms with Crippen LogP contribution in [0, 0.1) is 0 Å². The van der Waals surface area contributed by atoms with Gasteiger partial charge in [-0.3, -0.25) is 13.7 Å². The molecule has 0 spiro atoms. The second-order valence-corrected chi connectivity index (χ2v) is 10.1. The van der Waals surface area contributed by atoms with Crippen molar-refractivity contribution in [3.05, 3.63) is 12.7 Å². The van der Waals surface area contributed by atoms with Gasteiger partial charge in [-0.25, -0.2) is 28.4 Å². The van der Waals surface area contributed by atoms with E-state index in [-0.39, 0.29) is 35.4 Å². The first-order chi connectivity index (χ1) is 13.4. The van der Waals surface area contributed by atoms with E-state index >= 15 is 0 Å². The molecule has 162 valence electrons. The van der Waals surface area contributed by atoms with Crippen molar-refractivity contribution in [2.45, 2.75) is 25.2 Å². The number of hydrogen-bond acceptors (Lipinski definition) is 12. The molecule has 0 bridgehead atoms. The van der Waals surface area contributed by atoms with Crippen LogP contribution in [0.5, 0.6) is 0 Å². The smallest absolute Gasteiger partial charge is 0.756 e. The number of nitrogens with two attached hydrogens (primary N) is 1. The summed E-state index contributed by atoms with van der Waals surface area (Å²) in [5, 5.41) is 0. The minimum Gasteiger partial charge on any atom is -0.756 e. The first-order valence-electron chi connectivity index (χ1n) is 7.70. The van der Waals surface area contributed by atoms with Gasteiger partial charge >= 0.3 is 45.2 Å². The van der Waals surface area contributed by atoms with Gasteiger partial charge in [0.2, 0.25) is 0 Å². The number of phosphoric ester groups is 1. The zero-order valence-corrected chi connectivity index (χ0v) is 19.9. The molecule has 2 aromatic rings. The molecule has 30 heavy (non-hydrogen) atoms. The van der Waals surface area contributed by atoms with Crippen LogP contribution in [0.15, 0.2) is 12.7 Å². The van der Waals surface area contributed by atoms with E-state index in [1.54, 1.807) is 4.57 Å². The van der Waals surface area contributed by atoms with E-state index < -0.39 is 42.4 Å². The summed E-state index contributed by atoms with van der Waals surface area (Å²) in [5.41, 5.74) is 6.51. The van der Waals surface area contributed by atoms with Gasteiger partial charge in [-0.05, 0) is 12.8 Å². The van der Waals surface area contributed by atoms with Gasteiger partial charge in [0.1, 0.15) is 18.1 Å². The second kappa shape index (κ2) is 9.69. The fourth-order valence-electron chi connectivity index (χ4n) is 2.57. The molecule has 1 fully saturated rings. The number of rotatable bonds is 8. The van der Waals surface area contributed by atoms with Gasteiger partial charge in [0.25, 0.3) is 7.82 Å². The summed E-state index contributed by atoms with van der Waals surface area (Å²) in [6.45, 7) is -0.539. The van der Waals surface area contributed by atoms with Crippen LogP contribution in [0.2, 0.25) is 0 Å². The molecule has 0 amide bonds. The molecular weight excluding hydrogens is 482 g/mol. The second-order valence-electron chi connectivity index (χ2n) is 5.74.